The molecular formula is C15H20N4O. The molecule has 1 aliphatic heterocycles. The van der Waals surface area contributed by atoms with Gasteiger partial charge in [0.05, 0.1) is 0 Å². The summed E-state index contributed by atoms with van der Waals surface area (Å²) in [6.45, 7) is 2.72. The Morgan fingerprint density at radius 3 is 2.95 bits per heavy atom. The molecule has 0 amide bonds. The van der Waals surface area contributed by atoms with E-state index in [1.807, 2.05) is 30.3 Å². The Bertz CT molecular complexity index is 538. The van der Waals surface area contributed by atoms with E-state index in [1.54, 1.807) is 0 Å². The summed E-state index contributed by atoms with van der Waals surface area (Å²) >= 11 is 0. The summed E-state index contributed by atoms with van der Waals surface area (Å²) < 4.78 is 5.37. The van der Waals surface area contributed by atoms with E-state index in [0.29, 0.717) is 17.8 Å². The number of nitrogens with zero attached hydrogens (tertiary/aromatic N) is 3. The van der Waals surface area contributed by atoms with E-state index < -0.39 is 0 Å². The lowest BCUT2D eigenvalue weighted by Crippen LogP contribution is -2.36. The Morgan fingerprint density at radius 1 is 1.30 bits per heavy atom. The Hall–Kier alpha value is -1.88. The first kappa shape index (κ1) is 13.1. The summed E-state index contributed by atoms with van der Waals surface area (Å²) in [7, 11) is 0. The Balaban J connectivity index is 1.73. The van der Waals surface area contributed by atoms with Gasteiger partial charge in [-0.05, 0) is 49.0 Å². The van der Waals surface area contributed by atoms with E-state index in [2.05, 4.69) is 15.0 Å². The molecule has 1 fully saturated rings. The van der Waals surface area contributed by atoms with Crippen LogP contribution in [0, 0.1) is 5.92 Å². The van der Waals surface area contributed by atoms with Gasteiger partial charge in [-0.25, -0.2) is 0 Å². The zero-order valence-electron chi connectivity index (χ0n) is 11.5. The van der Waals surface area contributed by atoms with E-state index in [4.69, 9.17) is 10.3 Å². The van der Waals surface area contributed by atoms with Crippen molar-refractivity contribution in [3.8, 4) is 11.5 Å². The third-order valence-electron chi connectivity index (χ3n) is 3.81. The van der Waals surface area contributed by atoms with Gasteiger partial charge < -0.3 is 15.2 Å². The van der Waals surface area contributed by atoms with E-state index in [9.17, 15) is 0 Å². The van der Waals surface area contributed by atoms with Crippen molar-refractivity contribution in [1.82, 2.24) is 10.1 Å². The van der Waals surface area contributed by atoms with Gasteiger partial charge in [0.1, 0.15) is 0 Å². The van der Waals surface area contributed by atoms with Crippen molar-refractivity contribution in [2.24, 2.45) is 11.7 Å². The molecular weight excluding hydrogens is 252 g/mol. The second-order valence-electron chi connectivity index (χ2n) is 5.30. The lowest BCUT2D eigenvalue weighted by atomic mass is 9.95. The SMILES string of the molecule is NCCC1CCCN(c2noc(-c3ccccc3)n2)C1. The summed E-state index contributed by atoms with van der Waals surface area (Å²) in [5.74, 6) is 1.93. The third-order valence-corrected chi connectivity index (χ3v) is 3.81. The van der Waals surface area contributed by atoms with Crippen LogP contribution in [0.2, 0.25) is 0 Å². The molecule has 1 aliphatic rings. The van der Waals surface area contributed by atoms with Gasteiger partial charge in [-0.15, -0.1) is 0 Å². The highest BCUT2D eigenvalue weighted by Gasteiger charge is 2.23. The van der Waals surface area contributed by atoms with Gasteiger partial charge in [0.2, 0.25) is 0 Å². The van der Waals surface area contributed by atoms with E-state index in [-0.39, 0.29) is 0 Å². The number of aromatic nitrogens is 2. The monoisotopic (exact) mass is 272 g/mol. The van der Waals surface area contributed by atoms with Gasteiger partial charge >= 0.3 is 0 Å². The maximum absolute atomic E-state index is 5.66. The summed E-state index contributed by atoms with van der Waals surface area (Å²) in [6.07, 6.45) is 3.48. The zero-order chi connectivity index (χ0) is 13.8. The van der Waals surface area contributed by atoms with Gasteiger partial charge in [-0.1, -0.05) is 18.2 Å². The maximum Gasteiger partial charge on any atom is 0.266 e. The fourth-order valence-electron chi connectivity index (χ4n) is 2.76. The molecule has 0 aliphatic carbocycles. The Labute approximate surface area is 118 Å². The van der Waals surface area contributed by atoms with Crippen molar-refractivity contribution in [3.63, 3.8) is 0 Å². The second kappa shape index (κ2) is 6.05. The van der Waals surface area contributed by atoms with Crippen molar-refractivity contribution in [1.29, 1.82) is 0 Å². The van der Waals surface area contributed by atoms with Gasteiger partial charge in [-0.3, -0.25) is 0 Å². The molecule has 2 aromatic rings. The molecule has 1 aromatic carbocycles. The van der Waals surface area contributed by atoms with Crippen molar-refractivity contribution < 1.29 is 4.52 Å². The highest BCUT2D eigenvalue weighted by atomic mass is 16.5. The topological polar surface area (TPSA) is 68.2 Å². The zero-order valence-corrected chi connectivity index (χ0v) is 11.5. The molecule has 2 N–H and O–H groups in total. The second-order valence-corrected chi connectivity index (χ2v) is 5.30. The highest BCUT2D eigenvalue weighted by molar-refractivity contribution is 5.54. The van der Waals surface area contributed by atoms with Crippen molar-refractivity contribution >= 4 is 5.95 Å². The first-order chi connectivity index (χ1) is 9.86. The Kier molecular flexibility index (Phi) is 3.97. The third kappa shape index (κ3) is 2.82. The fraction of sp³-hybridized carbons (Fsp3) is 0.467. The van der Waals surface area contributed by atoms with Crippen LogP contribution < -0.4 is 10.6 Å². The van der Waals surface area contributed by atoms with Crippen LogP contribution in [0.4, 0.5) is 5.95 Å². The van der Waals surface area contributed by atoms with Gasteiger partial charge in [-0.2, -0.15) is 4.98 Å². The normalized spacial score (nSPS) is 19.2. The van der Waals surface area contributed by atoms with Crippen LogP contribution in [-0.4, -0.2) is 29.8 Å². The molecule has 106 valence electrons. The lowest BCUT2D eigenvalue weighted by Gasteiger charge is -2.31. The van der Waals surface area contributed by atoms with Crippen molar-refractivity contribution in [2.75, 3.05) is 24.5 Å². The fourth-order valence-corrected chi connectivity index (χ4v) is 2.76. The summed E-state index contributed by atoms with van der Waals surface area (Å²) in [6, 6.07) is 9.87. The molecule has 1 atom stereocenters. The van der Waals surface area contributed by atoms with Crippen LogP contribution in [0.15, 0.2) is 34.9 Å². The first-order valence-electron chi connectivity index (χ1n) is 7.21. The maximum atomic E-state index is 5.66. The molecule has 0 spiro atoms. The standard InChI is InChI=1S/C15H20N4O/c16-9-8-12-5-4-10-19(11-12)15-17-14(20-18-15)13-6-2-1-3-7-13/h1-3,6-7,12H,4-5,8-11,16H2. The number of benzene rings is 1. The number of nitrogens with two attached hydrogens (primary N) is 1. The molecule has 0 saturated carbocycles. The molecule has 5 nitrogen and oxygen atoms in total. The van der Waals surface area contributed by atoms with Crippen molar-refractivity contribution in [3.05, 3.63) is 30.3 Å². The quantitative estimate of drug-likeness (QED) is 0.925. The average molecular weight is 272 g/mol. The largest absolute Gasteiger partial charge is 0.338 e. The molecule has 3 rings (SSSR count). The highest BCUT2D eigenvalue weighted by Crippen LogP contribution is 2.25. The predicted molar refractivity (Wildman–Crippen MR) is 78.3 cm³/mol. The van der Waals surface area contributed by atoms with E-state index in [0.717, 1.165) is 31.6 Å². The molecule has 0 bridgehead atoms. The number of rotatable bonds is 4. The van der Waals surface area contributed by atoms with Gasteiger partial charge in [0.15, 0.2) is 0 Å². The molecule has 0 radical (unpaired) electrons. The minimum atomic E-state index is 0.585. The molecule has 2 heterocycles. The van der Waals surface area contributed by atoms with Gasteiger partial charge in [0, 0.05) is 18.7 Å². The van der Waals surface area contributed by atoms with Crippen LogP contribution in [0.3, 0.4) is 0 Å². The summed E-state index contributed by atoms with van der Waals surface area (Å²) in [5, 5.41) is 4.12. The van der Waals surface area contributed by atoms with Gasteiger partial charge in [0.25, 0.3) is 11.8 Å². The number of hydrogen-bond donors (Lipinski definition) is 1. The molecule has 1 aromatic heterocycles. The molecule has 20 heavy (non-hydrogen) atoms. The van der Waals surface area contributed by atoms with Crippen LogP contribution >= 0.6 is 0 Å². The van der Waals surface area contributed by atoms with E-state index >= 15 is 0 Å². The summed E-state index contributed by atoms with van der Waals surface area (Å²) in [5.41, 5.74) is 6.62. The first-order valence-corrected chi connectivity index (χ1v) is 7.21. The number of anilines is 1. The number of piperidine rings is 1. The predicted octanol–water partition coefficient (Wildman–Crippen LogP) is 2.30. The Morgan fingerprint density at radius 2 is 2.15 bits per heavy atom. The minimum absolute atomic E-state index is 0.585. The smallest absolute Gasteiger partial charge is 0.266 e. The molecule has 1 unspecified atom stereocenters. The van der Waals surface area contributed by atoms with Crippen LogP contribution in [0.5, 0.6) is 0 Å². The average Bonchev–Trinajstić information content (AvgIpc) is 2.99. The van der Waals surface area contributed by atoms with E-state index in [1.165, 1.54) is 12.8 Å². The molecule has 1 saturated heterocycles. The minimum Gasteiger partial charge on any atom is -0.338 e. The van der Waals surface area contributed by atoms with Crippen LogP contribution in [0.1, 0.15) is 19.3 Å². The van der Waals surface area contributed by atoms with Crippen molar-refractivity contribution in [2.45, 2.75) is 19.3 Å². The lowest BCUT2D eigenvalue weighted by molar-refractivity contribution is 0.383. The van der Waals surface area contributed by atoms with Crippen LogP contribution in [0.25, 0.3) is 11.5 Å². The summed E-state index contributed by atoms with van der Waals surface area (Å²) in [4.78, 5) is 6.72. The number of hydrogen-bond acceptors (Lipinski definition) is 5. The molecule has 5 heteroatoms. The van der Waals surface area contributed by atoms with Crippen LogP contribution in [-0.2, 0) is 0 Å².